The van der Waals surface area contributed by atoms with Crippen molar-refractivity contribution in [3.8, 4) is 0 Å². The second kappa shape index (κ2) is 8.53. The van der Waals surface area contributed by atoms with Gasteiger partial charge in [-0.3, -0.25) is 14.6 Å². The van der Waals surface area contributed by atoms with Crippen LogP contribution in [-0.2, 0) is 11.3 Å². The molecule has 0 N–H and O–H groups in total. The molecule has 1 saturated carbocycles. The van der Waals surface area contributed by atoms with E-state index >= 15 is 0 Å². The van der Waals surface area contributed by atoms with E-state index in [4.69, 9.17) is 0 Å². The van der Waals surface area contributed by atoms with Gasteiger partial charge in [0, 0.05) is 44.3 Å². The van der Waals surface area contributed by atoms with Crippen LogP contribution >= 0.6 is 0 Å². The molecule has 0 radical (unpaired) electrons. The average molecular weight is 358 g/mol. The average Bonchev–Trinajstić information content (AvgIpc) is 3.15. The van der Waals surface area contributed by atoms with Gasteiger partial charge < -0.3 is 4.90 Å². The third kappa shape index (κ3) is 5.08. The van der Waals surface area contributed by atoms with E-state index in [0.29, 0.717) is 13.1 Å². The summed E-state index contributed by atoms with van der Waals surface area (Å²) in [6.07, 6.45) is 5.52. The van der Waals surface area contributed by atoms with Crippen LogP contribution < -0.4 is 0 Å². The molecular formula is C22H35N3O. The number of piperazine rings is 1. The summed E-state index contributed by atoms with van der Waals surface area (Å²) in [5.41, 5.74) is 1.03. The first-order chi connectivity index (χ1) is 12.4. The summed E-state index contributed by atoms with van der Waals surface area (Å²) in [7, 11) is 0. The summed E-state index contributed by atoms with van der Waals surface area (Å²) in [4.78, 5) is 20.1. The quantitative estimate of drug-likeness (QED) is 0.808. The normalized spacial score (nSPS) is 20.4. The molecule has 1 aliphatic heterocycles. The minimum absolute atomic E-state index is 0.168. The molecular weight excluding hydrogens is 322 g/mol. The van der Waals surface area contributed by atoms with E-state index in [1.165, 1.54) is 31.2 Å². The molecule has 4 heteroatoms. The van der Waals surface area contributed by atoms with Gasteiger partial charge in [-0.15, -0.1) is 0 Å². The Kier molecular flexibility index (Phi) is 6.36. The highest BCUT2D eigenvalue weighted by Gasteiger charge is 2.30. The number of amides is 1. The molecule has 144 valence electrons. The zero-order chi connectivity index (χ0) is 18.6. The number of carbonyl (C=O) groups is 1. The Morgan fingerprint density at radius 1 is 1.04 bits per heavy atom. The number of rotatable bonds is 5. The van der Waals surface area contributed by atoms with Gasteiger partial charge in [0.25, 0.3) is 0 Å². The molecule has 3 rings (SSSR count). The SMILES string of the molecule is CC(C)(C)N(Cc1ccccc1)C(=O)CN1CCN(C2CCCC2)CC1. The maximum Gasteiger partial charge on any atom is 0.237 e. The smallest absolute Gasteiger partial charge is 0.237 e. The molecule has 2 aliphatic rings. The number of benzene rings is 1. The Balaban J connectivity index is 1.54. The van der Waals surface area contributed by atoms with Crippen LogP contribution in [0, 0.1) is 0 Å². The highest BCUT2D eigenvalue weighted by Crippen LogP contribution is 2.24. The van der Waals surface area contributed by atoms with Crippen LogP contribution in [0.3, 0.4) is 0 Å². The van der Waals surface area contributed by atoms with Gasteiger partial charge in [0.1, 0.15) is 0 Å². The maximum absolute atomic E-state index is 13.1. The molecule has 1 aromatic rings. The van der Waals surface area contributed by atoms with Crippen molar-refractivity contribution in [2.24, 2.45) is 0 Å². The van der Waals surface area contributed by atoms with Gasteiger partial charge in [0.15, 0.2) is 0 Å². The van der Waals surface area contributed by atoms with Crippen LogP contribution in [0.1, 0.15) is 52.0 Å². The number of carbonyl (C=O) groups excluding carboxylic acids is 1. The van der Waals surface area contributed by atoms with E-state index in [1.807, 2.05) is 23.1 Å². The van der Waals surface area contributed by atoms with Gasteiger partial charge >= 0.3 is 0 Å². The highest BCUT2D eigenvalue weighted by molar-refractivity contribution is 5.79. The highest BCUT2D eigenvalue weighted by atomic mass is 16.2. The van der Waals surface area contributed by atoms with Gasteiger partial charge in [-0.2, -0.15) is 0 Å². The number of nitrogens with zero attached hydrogens (tertiary/aromatic N) is 3. The zero-order valence-corrected chi connectivity index (χ0v) is 16.8. The van der Waals surface area contributed by atoms with Crippen molar-refractivity contribution >= 4 is 5.91 Å². The third-order valence-electron chi connectivity index (χ3n) is 5.90. The molecule has 1 aliphatic carbocycles. The van der Waals surface area contributed by atoms with Crippen LogP contribution in [0.4, 0.5) is 0 Å². The fourth-order valence-electron chi connectivity index (χ4n) is 4.30. The second-order valence-corrected chi connectivity index (χ2v) is 8.89. The first kappa shape index (κ1) is 19.4. The van der Waals surface area contributed by atoms with E-state index in [1.54, 1.807) is 0 Å². The maximum atomic E-state index is 13.1. The van der Waals surface area contributed by atoms with E-state index in [2.05, 4.69) is 42.7 Å². The molecule has 0 unspecified atom stereocenters. The molecule has 1 amide bonds. The molecule has 4 nitrogen and oxygen atoms in total. The Bertz CT molecular complexity index is 567. The summed E-state index contributed by atoms with van der Waals surface area (Å²) in [5, 5.41) is 0. The van der Waals surface area contributed by atoms with Crippen molar-refractivity contribution in [3.05, 3.63) is 35.9 Å². The largest absolute Gasteiger partial charge is 0.332 e. The van der Waals surface area contributed by atoms with Crippen LogP contribution in [-0.4, -0.2) is 64.9 Å². The van der Waals surface area contributed by atoms with Crippen LogP contribution in [0.15, 0.2) is 30.3 Å². The van der Waals surface area contributed by atoms with Crippen molar-refractivity contribution in [2.75, 3.05) is 32.7 Å². The Labute approximate surface area is 159 Å². The van der Waals surface area contributed by atoms with E-state index in [0.717, 1.165) is 32.2 Å². The van der Waals surface area contributed by atoms with Crippen molar-refractivity contribution in [1.29, 1.82) is 0 Å². The lowest BCUT2D eigenvalue weighted by Gasteiger charge is -2.40. The molecule has 26 heavy (non-hydrogen) atoms. The predicted molar refractivity (Wildman–Crippen MR) is 107 cm³/mol. The lowest BCUT2D eigenvalue weighted by Crippen LogP contribution is -2.54. The Hall–Kier alpha value is -1.39. The summed E-state index contributed by atoms with van der Waals surface area (Å²) < 4.78 is 0. The van der Waals surface area contributed by atoms with Crippen molar-refractivity contribution in [1.82, 2.24) is 14.7 Å². The minimum atomic E-state index is -0.168. The predicted octanol–water partition coefficient (Wildman–Crippen LogP) is 3.37. The minimum Gasteiger partial charge on any atom is -0.332 e. The molecule has 0 aromatic heterocycles. The summed E-state index contributed by atoms with van der Waals surface area (Å²) in [6, 6.07) is 11.1. The van der Waals surface area contributed by atoms with Gasteiger partial charge in [-0.1, -0.05) is 43.2 Å². The monoisotopic (exact) mass is 357 g/mol. The second-order valence-electron chi connectivity index (χ2n) is 8.89. The lowest BCUT2D eigenvalue weighted by atomic mass is 10.0. The molecule has 2 fully saturated rings. The van der Waals surface area contributed by atoms with Crippen LogP contribution in [0.25, 0.3) is 0 Å². The summed E-state index contributed by atoms with van der Waals surface area (Å²) in [6.45, 7) is 11.9. The summed E-state index contributed by atoms with van der Waals surface area (Å²) >= 11 is 0. The molecule has 1 saturated heterocycles. The Morgan fingerprint density at radius 3 is 2.23 bits per heavy atom. The van der Waals surface area contributed by atoms with Gasteiger partial charge in [-0.25, -0.2) is 0 Å². The fourth-order valence-corrected chi connectivity index (χ4v) is 4.30. The first-order valence-electron chi connectivity index (χ1n) is 10.2. The number of hydrogen-bond acceptors (Lipinski definition) is 3. The molecule has 0 spiro atoms. The van der Waals surface area contributed by atoms with Gasteiger partial charge in [0.2, 0.25) is 5.91 Å². The van der Waals surface area contributed by atoms with Crippen LogP contribution in [0.5, 0.6) is 0 Å². The zero-order valence-electron chi connectivity index (χ0n) is 16.8. The standard InChI is InChI=1S/C22H35N3O/c1-22(2,3)25(17-19-9-5-4-6-10-19)21(26)18-23-13-15-24(16-14-23)20-11-7-8-12-20/h4-6,9-10,20H,7-8,11-18H2,1-3H3. The topological polar surface area (TPSA) is 26.8 Å². The molecule has 0 bridgehead atoms. The van der Waals surface area contributed by atoms with Crippen LogP contribution in [0.2, 0.25) is 0 Å². The fraction of sp³-hybridized carbons (Fsp3) is 0.682. The number of hydrogen-bond donors (Lipinski definition) is 0. The molecule has 1 heterocycles. The van der Waals surface area contributed by atoms with Crippen molar-refractivity contribution in [3.63, 3.8) is 0 Å². The lowest BCUT2D eigenvalue weighted by molar-refractivity contribution is -0.138. The molecule has 0 atom stereocenters. The van der Waals surface area contributed by atoms with Gasteiger partial charge in [0.05, 0.1) is 6.54 Å². The van der Waals surface area contributed by atoms with E-state index in [-0.39, 0.29) is 11.4 Å². The third-order valence-corrected chi connectivity index (χ3v) is 5.90. The first-order valence-corrected chi connectivity index (χ1v) is 10.2. The van der Waals surface area contributed by atoms with Gasteiger partial charge in [-0.05, 0) is 39.2 Å². The molecule has 1 aromatic carbocycles. The van der Waals surface area contributed by atoms with Crippen molar-refractivity contribution < 1.29 is 4.79 Å². The van der Waals surface area contributed by atoms with E-state index in [9.17, 15) is 4.79 Å². The summed E-state index contributed by atoms with van der Waals surface area (Å²) in [5.74, 6) is 0.246. The Morgan fingerprint density at radius 2 is 1.65 bits per heavy atom. The van der Waals surface area contributed by atoms with Crippen molar-refractivity contribution in [2.45, 2.75) is 64.6 Å². The van der Waals surface area contributed by atoms with E-state index < -0.39 is 0 Å².